The fraction of sp³-hybridized carbons (Fsp3) is 0.786. The van der Waals surface area contributed by atoms with Crippen molar-refractivity contribution in [1.82, 2.24) is 14.8 Å². The standard InChI is InChI=1S/C14H23N3O2S/c1-3-11-15-16-13(20-9-12(18)19)17(11)10-14(2)7-5-4-6-8-14/h3-10H2,1-2H3,(H,18,19). The number of aryl methyl sites for hydroxylation is 1. The maximum atomic E-state index is 10.7. The number of aliphatic carboxylic acids is 1. The van der Waals surface area contributed by atoms with Crippen LogP contribution in [0.1, 0.15) is 51.8 Å². The number of carbonyl (C=O) groups is 1. The number of nitrogens with zero attached hydrogens (tertiary/aromatic N) is 3. The summed E-state index contributed by atoms with van der Waals surface area (Å²) in [5.41, 5.74) is 0.295. The van der Waals surface area contributed by atoms with Crippen molar-refractivity contribution in [3.05, 3.63) is 5.82 Å². The Morgan fingerprint density at radius 2 is 2.05 bits per heavy atom. The number of aromatic nitrogens is 3. The fourth-order valence-electron chi connectivity index (χ4n) is 2.92. The van der Waals surface area contributed by atoms with Gasteiger partial charge in [0.15, 0.2) is 5.16 Å². The van der Waals surface area contributed by atoms with E-state index in [-0.39, 0.29) is 5.75 Å². The normalized spacial score (nSPS) is 18.1. The third kappa shape index (κ3) is 3.75. The number of carboxylic acids is 1. The Morgan fingerprint density at radius 1 is 1.35 bits per heavy atom. The van der Waals surface area contributed by atoms with Gasteiger partial charge in [0.1, 0.15) is 5.82 Å². The molecule has 0 aromatic carbocycles. The van der Waals surface area contributed by atoms with Crippen LogP contribution >= 0.6 is 11.8 Å². The first-order valence-corrected chi connectivity index (χ1v) is 8.29. The molecule has 0 amide bonds. The van der Waals surface area contributed by atoms with Gasteiger partial charge in [-0.2, -0.15) is 0 Å². The van der Waals surface area contributed by atoms with E-state index in [9.17, 15) is 4.79 Å². The minimum absolute atomic E-state index is 0.0402. The zero-order chi connectivity index (χ0) is 14.6. The fourth-order valence-corrected chi connectivity index (χ4v) is 3.59. The van der Waals surface area contributed by atoms with Crippen LogP contribution < -0.4 is 0 Å². The SMILES string of the molecule is CCc1nnc(SCC(=O)O)n1CC1(C)CCCCC1. The lowest BCUT2D eigenvalue weighted by Crippen LogP contribution is -2.27. The van der Waals surface area contributed by atoms with Gasteiger partial charge < -0.3 is 9.67 Å². The monoisotopic (exact) mass is 297 g/mol. The van der Waals surface area contributed by atoms with Crippen molar-refractivity contribution in [3.8, 4) is 0 Å². The summed E-state index contributed by atoms with van der Waals surface area (Å²) in [5.74, 6) is 0.189. The van der Waals surface area contributed by atoms with Gasteiger partial charge in [-0.3, -0.25) is 4.79 Å². The van der Waals surface area contributed by atoms with Gasteiger partial charge >= 0.3 is 5.97 Å². The molecule has 0 bridgehead atoms. The van der Waals surface area contributed by atoms with Crippen molar-refractivity contribution >= 4 is 17.7 Å². The molecule has 1 aliphatic rings. The molecule has 1 aliphatic carbocycles. The van der Waals surface area contributed by atoms with E-state index in [2.05, 4.69) is 28.6 Å². The molecule has 0 radical (unpaired) electrons. The van der Waals surface area contributed by atoms with Gasteiger partial charge in [0, 0.05) is 13.0 Å². The highest BCUT2D eigenvalue weighted by Crippen LogP contribution is 2.38. The molecule has 1 N–H and O–H groups in total. The molecule has 6 heteroatoms. The van der Waals surface area contributed by atoms with Crippen molar-refractivity contribution in [3.63, 3.8) is 0 Å². The van der Waals surface area contributed by atoms with E-state index in [0.717, 1.165) is 23.9 Å². The largest absolute Gasteiger partial charge is 0.481 e. The molecular formula is C14H23N3O2S. The van der Waals surface area contributed by atoms with Crippen molar-refractivity contribution in [2.75, 3.05) is 5.75 Å². The quantitative estimate of drug-likeness (QED) is 0.818. The van der Waals surface area contributed by atoms with Crippen LogP contribution in [0.3, 0.4) is 0 Å². The molecule has 0 aliphatic heterocycles. The lowest BCUT2D eigenvalue weighted by molar-refractivity contribution is -0.133. The third-order valence-electron chi connectivity index (χ3n) is 4.03. The predicted molar refractivity (Wildman–Crippen MR) is 79.0 cm³/mol. The summed E-state index contributed by atoms with van der Waals surface area (Å²) in [4.78, 5) is 10.7. The topological polar surface area (TPSA) is 68.0 Å². The highest BCUT2D eigenvalue weighted by molar-refractivity contribution is 7.99. The maximum absolute atomic E-state index is 10.7. The van der Waals surface area contributed by atoms with Crippen LogP contribution in [0.5, 0.6) is 0 Å². The van der Waals surface area contributed by atoms with Crippen molar-refractivity contribution in [1.29, 1.82) is 0 Å². The molecule has 112 valence electrons. The summed E-state index contributed by atoms with van der Waals surface area (Å²) in [6.45, 7) is 5.30. The Balaban J connectivity index is 2.15. The van der Waals surface area contributed by atoms with Gasteiger partial charge in [0.05, 0.1) is 5.75 Å². The molecule has 1 saturated carbocycles. The Labute approximate surface area is 124 Å². The lowest BCUT2D eigenvalue weighted by Gasteiger charge is -2.34. The smallest absolute Gasteiger partial charge is 0.313 e. The molecule has 0 spiro atoms. The lowest BCUT2D eigenvalue weighted by atomic mass is 9.75. The Morgan fingerprint density at radius 3 is 2.65 bits per heavy atom. The number of thioether (sulfide) groups is 1. The summed E-state index contributed by atoms with van der Waals surface area (Å²) in [6, 6.07) is 0. The van der Waals surface area contributed by atoms with E-state index in [4.69, 9.17) is 5.11 Å². The molecule has 20 heavy (non-hydrogen) atoms. The minimum atomic E-state index is -0.813. The van der Waals surface area contributed by atoms with Crippen LogP contribution in [-0.2, 0) is 17.8 Å². The first-order valence-electron chi connectivity index (χ1n) is 7.31. The summed E-state index contributed by atoms with van der Waals surface area (Å²) in [7, 11) is 0. The summed E-state index contributed by atoms with van der Waals surface area (Å²) in [6.07, 6.45) is 7.21. The summed E-state index contributed by atoms with van der Waals surface area (Å²) in [5, 5.41) is 17.9. The van der Waals surface area contributed by atoms with Crippen molar-refractivity contribution < 1.29 is 9.90 Å². The predicted octanol–water partition coefficient (Wildman–Crippen LogP) is 2.99. The van der Waals surface area contributed by atoms with Crippen LogP contribution in [0.2, 0.25) is 0 Å². The summed E-state index contributed by atoms with van der Waals surface area (Å²) < 4.78 is 2.14. The van der Waals surface area contributed by atoms with Gasteiger partial charge in [0.25, 0.3) is 0 Å². The third-order valence-corrected chi connectivity index (χ3v) is 4.99. The molecule has 0 saturated heterocycles. The molecule has 0 unspecified atom stereocenters. The molecule has 2 rings (SSSR count). The van der Waals surface area contributed by atoms with E-state index in [1.54, 1.807) is 0 Å². The molecular weight excluding hydrogens is 274 g/mol. The van der Waals surface area contributed by atoms with Gasteiger partial charge in [-0.25, -0.2) is 0 Å². The first-order chi connectivity index (χ1) is 9.54. The Hall–Kier alpha value is -1.04. The maximum Gasteiger partial charge on any atom is 0.313 e. The van der Waals surface area contributed by atoms with E-state index in [0.29, 0.717) is 5.41 Å². The van der Waals surface area contributed by atoms with Gasteiger partial charge in [-0.1, -0.05) is 44.9 Å². The highest BCUT2D eigenvalue weighted by atomic mass is 32.2. The molecule has 5 nitrogen and oxygen atoms in total. The van der Waals surface area contributed by atoms with Crippen molar-refractivity contribution in [2.24, 2.45) is 5.41 Å². The van der Waals surface area contributed by atoms with E-state index < -0.39 is 5.97 Å². The van der Waals surface area contributed by atoms with Crippen LogP contribution in [0.15, 0.2) is 5.16 Å². The van der Waals surface area contributed by atoms with E-state index >= 15 is 0 Å². The van der Waals surface area contributed by atoms with Crippen LogP contribution in [0.25, 0.3) is 0 Å². The molecule has 1 aromatic rings. The summed E-state index contributed by atoms with van der Waals surface area (Å²) >= 11 is 1.27. The second-order valence-corrected chi connectivity index (χ2v) is 6.83. The number of hydrogen-bond donors (Lipinski definition) is 1. The number of hydrogen-bond acceptors (Lipinski definition) is 4. The average molecular weight is 297 g/mol. The average Bonchev–Trinajstić information content (AvgIpc) is 2.78. The number of rotatable bonds is 6. The van der Waals surface area contributed by atoms with Crippen LogP contribution in [0.4, 0.5) is 0 Å². The van der Waals surface area contributed by atoms with Crippen molar-refractivity contribution in [2.45, 2.75) is 64.1 Å². The minimum Gasteiger partial charge on any atom is -0.481 e. The van der Waals surface area contributed by atoms with E-state index in [1.807, 2.05) is 0 Å². The first kappa shape index (κ1) is 15.4. The zero-order valence-electron chi connectivity index (χ0n) is 12.3. The highest BCUT2D eigenvalue weighted by Gasteiger charge is 2.29. The zero-order valence-corrected chi connectivity index (χ0v) is 13.1. The van der Waals surface area contributed by atoms with Gasteiger partial charge in [0.2, 0.25) is 0 Å². The van der Waals surface area contributed by atoms with Crippen LogP contribution in [-0.4, -0.2) is 31.6 Å². The van der Waals surface area contributed by atoms with Gasteiger partial charge in [-0.15, -0.1) is 10.2 Å². The van der Waals surface area contributed by atoms with E-state index in [1.165, 1.54) is 43.9 Å². The second kappa shape index (κ2) is 6.61. The van der Waals surface area contributed by atoms with Gasteiger partial charge in [-0.05, 0) is 18.3 Å². The Bertz CT molecular complexity index is 467. The molecule has 1 heterocycles. The molecule has 0 atom stereocenters. The number of carboxylic acid groups (broad SMARTS) is 1. The second-order valence-electron chi connectivity index (χ2n) is 5.89. The Kier molecular flexibility index (Phi) is 5.07. The molecule has 1 fully saturated rings. The van der Waals surface area contributed by atoms with Crippen LogP contribution in [0, 0.1) is 5.41 Å². The molecule has 1 aromatic heterocycles.